The number of benzene rings is 1. The summed E-state index contributed by atoms with van der Waals surface area (Å²) < 4.78 is 35.0. The van der Waals surface area contributed by atoms with E-state index in [4.69, 9.17) is 16.3 Å². The smallest absolute Gasteiger partial charge is 0.459 e. The van der Waals surface area contributed by atoms with Gasteiger partial charge in [0.05, 0.1) is 17.6 Å². The molecule has 1 heterocycles. The van der Waals surface area contributed by atoms with E-state index in [1.165, 1.54) is 25.4 Å². The normalized spacial score (nSPS) is 11.6. The minimum Gasteiger partial charge on any atom is -0.493 e. The predicted octanol–water partition coefficient (Wildman–Crippen LogP) is 4.22. The van der Waals surface area contributed by atoms with Gasteiger partial charge in [-0.25, -0.2) is 0 Å². The van der Waals surface area contributed by atoms with E-state index in [9.17, 15) is 8.78 Å². The van der Waals surface area contributed by atoms with Crippen LogP contribution in [0.3, 0.4) is 0 Å². The first kappa shape index (κ1) is 13.3. The SMILES string of the molecule is COc1cc2c(Cl)ccnc2cc1OC(F)(F)Br. The largest absolute Gasteiger partial charge is 0.493 e. The molecule has 0 unspecified atom stereocenters. The molecule has 96 valence electrons. The fraction of sp³-hybridized carbons (Fsp3) is 0.182. The van der Waals surface area contributed by atoms with E-state index in [1.54, 1.807) is 6.07 Å². The van der Waals surface area contributed by atoms with Crippen molar-refractivity contribution in [3.8, 4) is 11.5 Å². The van der Waals surface area contributed by atoms with Crippen LogP contribution in [0.25, 0.3) is 10.9 Å². The highest BCUT2D eigenvalue weighted by Gasteiger charge is 2.28. The second-order valence-electron chi connectivity index (χ2n) is 3.36. The summed E-state index contributed by atoms with van der Waals surface area (Å²) >= 11 is 8.08. The first-order chi connectivity index (χ1) is 8.40. The number of hydrogen-bond donors (Lipinski definition) is 0. The zero-order chi connectivity index (χ0) is 13.3. The third kappa shape index (κ3) is 2.81. The van der Waals surface area contributed by atoms with Gasteiger partial charge in [0, 0.05) is 33.6 Å². The summed E-state index contributed by atoms with van der Waals surface area (Å²) in [7, 11) is 1.35. The van der Waals surface area contributed by atoms with Crippen LogP contribution in [0.4, 0.5) is 8.78 Å². The molecule has 2 aromatic rings. The van der Waals surface area contributed by atoms with Gasteiger partial charge in [0.1, 0.15) is 0 Å². The van der Waals surface area contributed by atoms with E-state index in [-0.39, 0.29) is 11.5 Å². The molecule has 18 heavy (non-hydrogen) atoms. The Bertz CT molecular complexity index is 589. The Morgan fingerprint density at radius 3 is 2.67 bits per heavy atom. The Morgan fingerprint density at radius 2 is 2.06 bits per heavy atom. The Hall–Kier alpha value is -1.14. The number of pyridine rings is 1. The maximum absolute atomic E-state index is 12.8. The lowest BCUT2D eigenvalue weighted by atomic mass is 10.2. The number of aromatic nitrogens is 1. The molecule has 3 nitrogen and oxygen atoms in total. The molecule has 0 N–H and O–H groups in total. The highest BCUT2D eigenvalue weighted by Crippen LogP contribution is 2.38. The second kappa shape index (κ2) is 4.85. The van der Waals surface area contributed by atoms with E-state index in [0.717, 1.165) is 0 Å². The van der Waals surface area contributed by atoms with Gasteiger partial charge in [-0.1, -0.05) is 11.6 Å². The first-order valence-electron chi connectivity index (χ1n) is 4.79. The molecular weight excluding hydrogens is 331 g/mol. The fourth-order valence-electron chi connectivity index (χ4n) is 1.48. The van der Waals surface area contributed by atoms with Crippen LogP contribution in [0.15, 0.2) is 24.4 Å². The van der Waals surface area contributed by atoms with Crippen LogP contribution in [0.1, 0.15) is 0 Å². The lowest BCUT2D eigenvalue weighted by Gasteiger charge is -2.15. The molecule has 0 radical (unpaired) electrons. The van der Waals surface area contributed by atoms with Crippen molar-refractivity contribution in [3.05, 3.63) is 29.4 Å². The quantitative estimate of drug-likeness (QED) is 0.785. The Morgan fingerprint density at radius 1 is 1.33 bits per heavy atom. The van der Waals surface area contributed by atoms with Crippen LogP contribution < -0.4 is 9.47 Å². The Labute approximate surface area is 115 Å². The fourth-order valence-corrected chi connectivity index (χ4v) is 1.87. The number of rotatable bonds is 3. The van der Waals surface area contributed by atoms with Crippen LogP contribution in [-0.2, 0) is 0 Å². The topological polar surface area (TPSA) is 31.4 Å². The standard InChI is InChI=1S/C11H7BrClF2NO2/c1-17-9-4-6-7(13)2-3-16-8(6)5-10(9)18-11(12,14)15/h2-5H,1H3. The van der Waals surface area contributed by atoms with E-state index >= 15 is 0 Å². The number of halogens is 4. The molecule has 0 amide bonds. The van der Waals surface area contributed by atoms with Gasteiger partial charge in [-0.3, -0.25) is 4.98 Å². The van der Waals surface area contributed by atoms with E-state index in [0.29, 0.717) is 15.9 Å². The van der Waals surface area contributed by atoms with Gasteiger partial charge in [-0.05, 0) is 12.1 Å². The summed E-state index contributed by atoms with van der Waals surface area (Å²) in [5.41, 5.74) is 0.440. The predicted molar refractivity (Wildman–Crippen MR) is 67.8 cm³/mol. The third-order valence-corrected chi connectivity index (χ3v) is 2.69. The molecule has 7 heteroatoms. The number of hydrogen-bond acceptors (Lipinski definition) is 3. The molecule has 0 saturated carbocycles. The number of fused-ring (bicyclic) bond motifs is 1. The summed E-state index contributed by atoms with van der Waals surface area (Å²) in [6.07, 6.45) is 1.48. The molecule has 1 aromatic heterocycles. The summed E-state index contributed by atoms with van der Waals surface area (Å²) in [6, 6.07) is 4.44. The van der Waals surface area contributed by atoms with Crippen molar-refractivity contribution in [2.75, 3.05) is 7.11 Å². The highest BCUT2D eigenvalue weighted by atomic mass is 79.9. The first-order valence-corrected chi connectivity index (χ1v) is 5.96. The summed E-state index contributed by atoms with van der Waals surface area (Å²) in [6.45, 7) is 0. The average Bonchev–Trinajstić information content (AvgIpc) is 2.26. The second-order valence-corrected chi connectivity index (χ2v) is 4.69. The van der Waals surface area contributed by atoms with Crippen LogP contribution in [-0.4, -0.2) is 17.1 Å². The number of methoxy groups -OCH3 is 1. The van der Waals surface area contributed by atoms with Crippen LogP contribution in [0.5, 0.6) is 11.5 Å². The maximum Gasteiger partial charge on any atom is 0.459 e. The van der Waals surface area contributed by atoms with Crippen molar-refractivity contribution in [2.45, 2.75) is 5.02 Å². The van der Waals surface area contributed by atoms with Crippen molar-refractivity contribution < 1.29 is 18.3 Å². The molecule has 0 saturated heterocycles. The van der Waals surface area contributed by atoms with E-state index < -0.39 is 5.02 Å². The van der Waals surface area contributed by atoms with Gasteiger partial charge < -0.3 is 9.47 Å². The number of nitrogens with zero attached hydrogens (tertiary/aromatic N) is 1. The summed E-state index contributed by atoms with van der Waals surface area (Å²) in [5.74, 6) is 0.0261. The minimum atomic E-state index is -3.48. The molecule has 2 rings (SSSR count). The Kier molecular flexibility index (Phi) is 3.59. The van der Waals surface area contributed by atoms with Gasteiger partial charge in [-0.2, -0.15) is 8.78 Å². The van der Waals surface area contributed by atoms with E-state index in [2.05, 4.69) is 25.7 Å². The minimum absolute atomic E-state index is 0.123. The van der Waals surface area contributed by atoms with Gasteiger partial charge >= 0.3 is 5.02 Å². The van der Waals surface area contributed by atoms with Gasteiger partial charge in [0.2, 0.25) is 0 Å². The van der Waals surface area contributed by atoms with E-state index in [1.807, 2.05) is 0 Å². The van der Waals surface area contributed by atoms with Gasteiger partial charge in [-0.15, -0.1) is 0 Å². The van der Waals surface area contributed by atoms with Crippen LogP contribution >= 0.6 is 27.5 Å². The van der Waals surface area contributed by atoms with Crippen molar-refractivity contribution in [1.29, 1.82) is 0 Å². The molecule has 1 aromatic carbocycles. The zero-order valence-corrected chi connectivity index (χ0v) is 11.4. The lowest BCUT2D eigenvalue weighted by molar-refractivity contribution is -0.0813. The van der Waals surface area contributed by atoms with Gasteiger partial charge in [0.15, 0.2) is 11.5 Å². The van der Waals surface area contributed by atoms with Crippen LogP contribution in [0, 0.1) is 0 Å². The average molecular weight is 339 g/mol. The molecular formula is C11H7BrClF2NO2. The third-order valence-electron chi connectivity index (χ3n) is 2.20. The molecule has 0 aliphatic rings. The molecule has 0 aliphatic carbocycles. The van der Waals surface area contributed by atoms with Crippen molar-refractivity contribution in [3.63, 3.8) is 0 Å². The highest BCUT2D eigenvalue weighted by molar-refractivity contribution is 9.09. The molecule has 0 aliphatic heterocycles. The van der Waals surface area contributed by atoms with Gasteiger partial charge in [0.25, 0.3) is 0 Å². The maximum atomic E-state index is 12.8. The van der Waals surface area contributed by atoms with Crippen molar-refractivity contribution in [1.82, 2.24) is 4.98 Å². The molecule has 0 fully saturated rings. The zero-order valence-electron chi connectivity index (χ0n) is 9.08. The van der Waals surface area contributed by atoms with Crippen molar-refractivity contribution >= 4 is 38.4 Å². The molecule has 0 atom stereocenters. The monoisotopic (exact) mass is 337 g/mol. The molecule has 0 spiro atoms. The lowest BCUT2D eigenvalue weighted by Crippen LogP contribution is -2.15. The Balaban J connectivity index is 2.59. The molecule has 0 bridgehead atoms. The number of alkyl halides is 3. The summed E-state index contributed by atoms with van der Waals surface area (Å²) in [5, 5.41) is -2.43. The van der Waals surface area contributed by atoms with Crippen molar-refractivity contribution in [2.24, 2.45) is 0 Å². The summed E-state index contributed by atoms with van der Waals surface area (Å²) in [4.78, 5) is 4.03. The number of ether oxygens (including phenoxy) is 2. The van der Waals surface area contributed by atoms with Crippen LogP contribution in [0.2, 0.25) is 5.02 Å².